The van der Waals surface area contributed by atoms with Gasteiger partial charge < -0.3 is 14.4 Å². The lowest BCUT2D eigenvalue weighted by molar-refractivity contribution is 0.122. The molecule has 4 rings (SSSR count). The Hall–Kier alpha value is -2.71. The number of hydrogen-bond acceptors (Lipinski definition) is 6. The highest BCUT2D eigenvalue weighted by Crippen LogP contribution is 2.26. The van der Waals surface area contributed by atoms with Crippen LogP contribution in [0, 0.1) is 0 Å². The van der Waals surface area contributed by atoms with Gasteiger partial charge in [-0.15, -0.1) is 0 Å². The molecule has 1 unspecified atom stereocenters. The zero-order valence-corrected chi connectivity index (χ0v) is 16.5. The molecule has 0 radical (unpaired) electrons. The Bertz CT molecular complexity index is 969. The molecule has 0 amide bonds. The van der Waals surface area contributed by atoms with Gasteiger partial charge in [0.2, 0.25) is 5.16 Å². The molecule has 1 aliphatic rings. The number of methoxy groups -OCH3 is 1. The number of rotatable bonds is 6. The molecule has 1 fully saturated rings. The topological polar surface area (TPSA) is 69.5 Å². The van der Waals surface area contributed by atoms with Gasteiger partial charge >= 0.3 is 0 Å². The van der Waals surface area contributed by atoms with Crippen molar-refractivity contribution in [2.75, 3.05) is 38.3 Å². The molecule has 28 heavy (non-hydrogen) atoms. The summed E-state index contributed by atoms with van der Waals surface area (Å²) < 4.78 is 25.8. The fourth-order valence-electron chi connectivity index (χ4n) is 3.29. The predicted molar refractivity (Wildman–Crippen MR) is 107 cm³/mol. The molecule has 1 aliphatic heterocycles. The first-order valence-electron chi connectivity index (χ1n) is 9.09. The van der Waals surface area contributed by atoms with E-state index < -0.39 is 10.8 Å². The average Bonchev–Trinajstić information content (AvgIpc) is 3.24. The predicted octanol–water partition coefficient (Wildman–Crippen LogP) is 2.42. The molecule has 3 heterocycles. The van der Waals surface area contributed by atoms with Gasteiger partial charge in [-0.2, -0.15) is 0 Å². The molecule has 1 atom stereocenters. The number of anilines is 1. The van der Waals surface area contributed by atoms with Crippen LogP contribution in [-0.2, 0) is 21.3 Å². The first-order chi connectivity index (χ1) is 13.8. The largest absolute Gasteiger partial charge is 0.493 e. The summed E-state index contributed by atoms with van der Waals surface area (Å²) in [6.07, 6.45) is 5.07. The highest BCUT2D eigenvalue weighted by Gasteiger charge is 2.20. The lowest BCUT2D eigenvalue weighted by Crippen LogP contribution is -2.36. The zero-order valence-electron chi connectivity index (χ0n) is 15.7. The molecular formula is C20H22N4O3S. The number of benzene rings is 1. The zero-order chi connectivity index (χ0) is 19.3. The van der Waals surface area contributed by atoms with E-state index in [1.807, 2.05) is 24.3 Å². The summed E-state index contributed by atoms with van der Waals surface area (Å²) in [4.78, 5) is 11.0. The molecule has 0 aliphatic carbocycles. The summed E-state index contributed by atoms with van der Waals surface area (Å²) in [5.41, 5.74) is 2.14. The average molecular weight is 398 g/mol. The van der Waals surface area contributed by atoms with Crippen molar-refractivity contribution in [1.29, 1.82) is 0 Å². The molecule has 2 aromatic heterocycles. The smallest absolute Gasteiger partial charge is 0.205 e. The fourth-order valence-corrected chi connectivity index (χ4v) is 4.49. The second-order valence-corrected chi connectivity index (χ2v) is 7.67. The number of nitrogens with zero attached hydrogens (tertiary/aromatic N) is 4. The lowest BCUT2D eigenvalue weighted by atomic mass is 10.1. The van der Waals surface area contributed by atoms with E-state index in [2.05, 4.69) is 20.9 Å². The van der Waals surface area contributed by atoms with Crippen molar-refractivity contribution in [1.82, 2.24) is 14.5 Å². The van der Waals surface area contributed by atoms with Crippen LogP contribution < -0.4 is 9.64 Å². The highest BCUT2D eigenvalue weighted by atomic mass is 32.2. The quantitative estimate of drug-likeness (QED) is 0.635. The minimum atomic E-state index is -1.34. The highest BCUT2D eigenvalue weighted by molar-refractivity contribution is 7.84. The number of aromatic nitrogens is 3. The van der Waals surface area contributed by atoms with Crippen molar-refractivity contribution in [3.05, 3.63) is 60.6 Å². The van der Waals surface area contributed by atoms with E-state index in [9.17, 15) is 4.21 Å². The van der Waals surface area contributed by atoms with Crippen LogP contribution in [0.3, 0.4) is 0 Å². The fraction of sp³-hybridized carbons (Fsp3) is 0.300. The Morgan fingerprint density at radius 1 is 1.11 bits per heavy atom. The third-order valence-corrected chi connectivity index (χ3v) is 5.92. The van der Waals surface area contributed by atoms with Gasteiger partial charge in [-0.05, 0) is 23.8 Å². The standard InChI is InChI=1S/C20H22N4O3S/c1-26-18-7-4-8-21-19(18)24-10-9-22-20(24)28(25)15-16-5-2-3-6-17(16)23-11-13-27-14-12-23/h2-10H,11-15H2,1H3. The van der Waals surface area contributed by atoms with Gasteiger partial charge in [0.1, 0.15) is 0 Å². The van der Waals surface area contributed by atoms with Gasteiger partial charge in [0.25, 0.3) is 0 Å². The van der Waals surface area contributed by atoms with Crippen molar-refractivity contribution in [3.63, 3.8) is 0 Å². The third kappa shape index (κ3) is 3.79. The summed E-state index contributed by atoms with van der Waals surface area (Å²) in [7, 11) is 0.248. The van der Waals surface area contributed by atoms with Crippen LogP contribution in [0.15, 0.2) is 60.1 Å². The number of pyridine rings is 1. The van der Waals surface area contributed by atoms with Crippen LogP contribution >= 0.6 is 0 Å². The summed E-state index contributed by atoms with van der Waals surface area (Å²) in [5.74, 6) is 1.56. The molecule has 146 valence electrons. The number of imidazole rings is 1. The lowest BCUT2D eigenvalue weighted by Gasteiger charge is -2.30. The SMILES string of the molecule is COc1cccnc1-n1ccnc1S(=O)Cc1ccccc1N1CCOCC1. The van der Waals surface area contributed by atoms with Crippen LogP contribution in [0.4, 0.5) is 5.69 Å². The van der Waals surface area contributed by atoms with Crippen LogP contribution in [0.25, 0.3) is 5.82 Å². The van der Waals surface area contributed by atoms with Gasteiger partial charge in [-0.1, -0.05) is 18.2 Å². The Balaban J connectivity index is 1.62. The molecule has 3 aromatic rings. The van der Waals surface area contributed by atoms with E-state index in [1.54, 1.807) is 36.3 Å². The van der Waals surface area contributed by atoms with Gasteiger partial charge in [0.15, 0.2) is 11.6 Å². The van der Waals surface area contributed by atoms with E-state index in [0.717, 1.165) is 24.3 Å². The minimum absolute atomic E-state index is 0.375. The van der Waals surface area contributed by atoms with Gasteiger partial charge in [-0.25, -0.2) is 9.97 Å². The molecule has 1 aromatic carbocycles. The van der Waals surface area contributed by atoms with E-state index in [4.69, 9.17) is 9.47 Å². The molecule has 1 saturated heterocycles. The monoisotopic (exact) mass is 398 g/mol. The van der Waals surface area contributed by atoms with Crippen molar-refractivity contribution in [2.24, 2.45) is 0 Å². The molecule has 0 spiro atoms. The Kier molecular flexibility index (Phi) is 5.68. The maximum absolute atomic E-state index is 13.2. The summed E-state index contributed by atoms with van der Waals surface area (Å²) in [6.45, 7) is 3.09. The third-order valence-electron chi connectivity index (χ3n) is 4.64. The van der Waals surface area contributed by atoms with Gasteiger partial charge in [-0.3, -0.25) is 8.78 Å². The van der Waals surface area contributed by atoms with Crippen molar-refractivity contribution >= 4 is 16.5 Å². The Morgan fingerprint density at radius 2 is 1.93 bits per heavy atom. The van der Waals surface area contributed by atoms with E-state index in [-0.39, 0.29) is 0 Å². The van der Waals surface area contributed by atoms with E-state index in [0.29, 0.717) is 35.7 Å². The molecule has 7 nitrogen and oxygen atoms in total. The Morgan fingerprint density at radius 3 is 2.75 bits per heavy atom. The molecule has 0 bridgehead atoms. The maximum Gasteiger partial charge on any atom is 0.205 e. The first-order valence-corrected chi connectivity index (χ1v) is 10.4. The van der Waals surface area contributed by atoms with Crippen LogP contribution in [0.5, 0.6) is 5.75 Å². The summed E-state index contributed by atoms with van der Waals surface area (Å²) in [6, 6.07) is 11.7. The van der Waals surface area contributed by atoms with Crippen LogP contribution in [0.2, 0.25) is 0 Å². The first kappa shape index (κ1) is 18.6. The summed E-state index contributed by atoms with van der Waals surface area (Å²) >= 11 is 0. The summed E-state index contributed by atoms with van der Waals surface area (Å²) in [5, 5.41) is 0.453. The second kappa shape index (κ2) is 8.53. The molecule has 8 heteroatoms. The molecular weight excluding hydrogens is 376 g/mol. The Labute approximate surface area is 166 Å². The molecule has 0 saturated carbocycles. The van der Waals surface area contributed by atoms with E-state index in [1.165, 1.54) is 0 Å². The second-order valence-electron chi connectivity index (χ2n) is 6.33. The normalized spacial score (nSPS) is 15.4. The number of ether oxygens (including phenoxy) is 2. The number of morpholine rings is 1. The van der Waals surface area contributed by atoms with Gasteiger partial charge in [0.05, 0.1) is 36.9 Å². The van der Waals surface area contributed by atoms with Crippen LogP contribution in [-0.4, -0.2) is 52.2 Å². The minimum Gasteiger partial charge on any atom is -0.493 e. The molecule has 0 N–H and O–H groups in total. The van der Waals surface area contributed by atoms with Crippen molar-refractivity contribution in [3.8, 4) is 11.6 Å². The maximum atomic E-state index is 13.2. The van der Waals surface area contributed by atoms with Crippen molar-refractivity contribution in [2.45, 2.75) is 10.9 Å². The number of para-hydroxylation sites is 1. The van der Waals surface area contributed by atoms with E-state index >= 15 is 0 Å². The van der Waals surface area contributed by atoms with Crippen molar-refractivity contribution < 1.29 is 13.7 Å². The number of hydrogen-bond donors (Lipinski definition) is 0. The van der Waals surface area contributed by atoms with Gasteiger partial charge in [0, 0.05) is 37.4 Å². The van der Waals surface area contributed by atoms with Crippen LogP contribution in [0.1, 0.15) is 5.56 Å².